The molecule has 0 fully saturated rings. The molecule has 13 heteroatoms. The van der Waals surface area contributed by atoms with Gasteiger partial charge < -0.3 is 15.5 Å². The molecule has 0 bridgehead atoms. The van der Waals surface area contributed by atoms with Gasteiger partial charge >= 0.3 is 0 Å². The lowest BCUT2D eigenvalue weighted by molar-refractivity contribution is 0.473. The molecular weight excluding hydrogens is 554 g/mol. The van der Waals surface area contributed by atoms with Crippen molar-refractivity contribution >= 4 is 58.9 Å². The minimum absolute atomic E-state index is 0.0234. The van der Waals surface area contributed by atoms with Crippen molar-refractivity contribution in [3.8, 4) is 11.5 Å². The van der Waals surface area contributed by atoms with E-state index in [2.05, 4.69) is 25.8 Å². The van der Waals surface area contributed by atoms with Gasteiger partial charge in [0.1, 0.15) is 28.5 Å². The molecule has 208 valence electrons. The SMILES string of the molecule is CCS(=O)(=O)c1ccc(/N=N/c2ccc3c(/N=N/c4ccccc4S(=O)(=O)CC)c(NC)ccc3c2O)c(O)c1. The van der Waals surface area contributed by atoms with Crippen LogP contribution in [0.15, 0.2) is 97.0 Å². The third-order valence-electron chi connectivity index (χ3n) is 6.18. The van der Waals surface area contributed by atoms with E-state index in [0.29, 0.717) is 22.1 Å². The van der Waals surface area contributed by atoms with Crippen molar-refractivity contribution in [2.75, 3.05) is 23.9 Å². The molecule has 0 aliphatic carbocycles. The highest BCUT2D eigenvalue weighted by Gasteiger charge is 2.18. The molecule has 4 aromatic rings. The van der Waals surface area contributed by atoms with Gasteiger partial charge in [-0.1, -0.05) is 26.0 Å². The van der Waals surface area contributed by atoms with Gasteiger partial charge in [-0.05, 0) is 48.5 Å². The zero-order chi connectivity index (χ0) is 29.1. The largest absolute Gasteiger partial charge is 0.506 e. The maximum atomic E-state index is 12.5. The van der Waals surface area contributed by atoms with Gasteiger partial charge in [0.15, 0.2) is 25.4 Å². The zero-order valence-electron chi connectivity index (χ0n) is 21.9. The topological polar surface area (TPSA) is 170 Å². The molecule has 0 saturated carbocycles. The normalized spacial score (nSPS) is 12.5. The molecular formula is C27H27N5O6S2. The molecule has 0 radical (unpaired) electrons. The summed E-state index contributed by atoms with van der Waals surface area (Å²) in [5, 5.41) is 41.7. The van der Waals surface area contributed by atoms with Gasteiger partial charge in [0, 0.05) is 23.9 Å². The summed E-state index contributed by atoms with van der Waals surface area (Å²) in [6.45, 7) is 3.06. The number of phenolic OH excluding ortho intramolecular Hbond substituents is 2. The Morgan fingerprint density at radius 1 is 0.700 bits per heavy atom. The maximum Gasteiger partial charge on any atom is 0.180 e. The number of fused-ring (bicyclic) bond motifs is 1. The van der Waals surface area contributed by atoms with Crippen molar-refractivity contribution in [2.24, 2.45) is 20.5 Å². The second-order valence-corrected chi connectivity index (χ2v) is 13.1. The number of hydrogen-bond donors (Lipinski definition) is 3. The predicted molar refractivity (Wildman–Crippen MR) is 154 cm³/mol. The molecule has 0 aliphatic rings. The Morgan fingerprint density at radius 3 is 2.00 bits per heavy atom. The molecule has 0 atom stereocenters. The number of anilines is 1. The van der Waals surface area contributed by atoms with Crippen LogP contribution in [0.25, 0.3) is 10.8 Å². The Kier molecular flexibility index (Phi) is 8.16. The average Bonchev–Trinajstić information content (AvgIpc) is 2.96. The summed E-state index contributed by atoms with van der Waals surface area (Å²) in [5.74, 6) is -0.774. The van der Waals surface area contributed by atoms with Gasteiger partial charge in [-0.3, -0.25) is 0 Å². The first-order valence-electron chi connectivity index (χ1n) is 12.2. The first kappa shape index (κ1) is 28.6. The van der Waals surface area contributed by atoms with Gasteiger partial charge in [-0.25, -0.2) is 16.8 Å². The Morgan fingerprint density at radius 2 is 1.32 bits per heavy atom. The third kappa shape index (κ3) is 5.65. The number of aromatic hydroxyl groups is 2. The van der Waals surface area contributed by atoms with Crippen LogP contribution in [-0.4, -0.2) is 45.6 Å². The van der Waals surface area contributed by atoms with Crippen LogP contribution in [0.1, 0.15) is 13.8 Å². The highest BCUT2D eigenvalue weighted by Crippen LogP contribution is 2.43. The summed E-state index contributed by atoms with van der Waals surface area (Å²) in [4.78, 5) is 0.0403. The lowest BCUT2D eigenvalue weighted by Gasteiger charge is -2.11. The van der Waals surface area contributed by atoms with E-state index in [0.717, 1.165) is 6.07 Å². The first-order valence-corrected chi connectivity index (χ1v) is 15.5. The van der Waals surface area contributed by atoms with Crippen LogP contribution in [-0.2, 0) is 19.7 Å². The summed E-state index contributed by atoms with van der Waals surface area (Å²) in [6.07, 6.45) is 0. The number of rotatable bonds is 9. The predicted octanol–water partition coefficient (Wildman–Crippen LogP) is 6.71. The summed E-state index contributed by atoms with van der Waals surface area (Å²) in [7, 11) is -5.33. The molecule has 4 aromatic carbocycles. The number of nitrogens with one attached hydrogen (secondary N) is 1. The van der Waals surface area contributed by atoms with Crippen molar-refractivity contribution in [2.45, 2.75) is 23.6 Å². The average molecular weight is 582 g/mol. The van der Waals surface area contributed by atoms with Crippen molar-refractivity contribution in [1.29, 1.82) is 0 Å². The van der Waals surface area contributed by atoms with E-state index in [1.807, 2.05) is 0 Å². The van der Waals surface area contributed by atoms with Crippen LogP contribution in [0.2, 0.25) is 0 Å². The van der Waals surface area contributed by atoms with E-state index in [9.17, 15) is 27.0 Å². The molecule has 0 amide bonds. The Bertz CT molecular complexity index is 1870. The zero-order valence-corrected chi connectivity index (χ0v) is 23.5. The summed E-state index contributed by atoms with van der Waals surface area (Å²) >= 11 is 0. The van der Waals surface area contributed by atoms with Gasteiger partial charge in [0.25, 0.3) is 0 Å². The van der Waals surface area contributed by atoms with E-state index in [-0.39, 0.29) is 49.9 Å². The van der Waals surface area contributed by atoms with Crippen molar-refractivity contribution in [1.82, 2.24) is 0 Å². The minimum Gasteiger partial charge on any atom is -0.506 e. The van der Waals surface area contributed by atoms with Crippen molar-refractivity contribution < 1.29 is 27.0 Å². The number of hydrogen-bond acceptors (Lipinski definition) is 11. The summed E-state index contributed by atoms with van der Waals surface area (Å²) in [5.41, 5.74) is 1.27. The van der Waals surface area contributed by atoms with Gasteiger partial charge in [-0.15, -0.1) is 20.5 Å². The lowest BCUT2D eigenvalue weighted by atomic mass is 10.1. The number of nitrogens with zero attached hydrogens (tertiary/aromatic N) is 4. The third-order valence-corrected chi connectivity index (χ3v) is 9.69. The number of azo groups is 2. The van der Waals surface area contributed by atoms with Gasteiger partial charge in [0.2, 0.25) is 0 Å². The van der Waals surface area contributed by atoms with Crippen LogP contribution in [0.5, 0.6) is 11.5 Å². The van der Waals surface area contributed by atoms with Gasteiger partial charge in [-0.2, -0.15) is 0 Å². The summed E-state index contributed by atoms with van der Waals surface area (Å²) < 4.78 is 49.1. The first-order chi connectivity index (χ1) is 19.0. The quantitative estimate of drug-likeness (QED) is 0.184. The highest BCUT2D eigenvalue weighted by atomic mass is 32.2. The number of phenols is 2. The van der Waals surface area contributed by atoms with E-state index in [4.69, 9.17) is 0 Å². The standard InChI is InChI=1S/C27H27N5O6S2/c1-4-39(35,36)17-10-13-20(24(33)16-17)29-31-23-15-11-18-19(27(23)34)12-14-22(28-3)26(18)32-30-21-8-6-7-9-25(21)40(37,38)5-2/h6-16,28,33-34H,4-5H2,1-3H3/b31-29+,32-30+. The fraction of sp³-hybridized carbons (Fsp3) is 0.185. The summed E-state index contributed by atoms with van der Waals surface area (Å²) in [6, 6.07) is 16.6. The van der Waals surface area contributed by atoms with Crippen LogP contribution in [0.4, 0.5) is 28.4 Å². The minimum atomic E-state index is -3.53. The highest BCUT2D eigenvalue weighted by molar-refractivity contribution is 7.91. The van der Waals surface area contributed by atoms with Crippen LogP contribution >= 0.6 is 0 Å². The van der Waals surface area contributed by atoms with E-state index in [1.165, 1.54) is 31.2 Å². The molecule has 4 rings (SSSR count). The smallest absolute Gasteiger partial charge is 0.180 e. The Hall–Kier alpha value is -4.36. The molecule has 0 saturated heterocycles. The molecule has 40 heavy (non-hydrogen) atoms. The van der Waals surface area contributed by atoms with E-state index in [1.54, 1.807) is 50.4 Å². The lowest BCUT2D eigenvalue weighted by Crippen LogP contribution is -2.03. The molecule has 11 nitrogen and oxygen atoms in total. The Balaban J connectivity index is 1.75. The van der Waals surface area contributed by atoms with Crippen molar-refractivity contribution in [3.63, 3.8) is 0 Å². The molecule has 0 unspecified atom stereocenters. The monoisotopic (exact) mass is 581 g/mol. The maximum absolute atomic E-state index is 12.5. The van der Waals surface area contributed by atoms with Crippen molar-refractivity contribution in [3.05, 3.63) is 66.7 Å². The van der Waals surface area contributed by atoms with Gasteiger partial charge in [0.05, 0.1) is 27.0 Å². The number of sulfone groups is 2. The molecule has 0 aromatic heterocycles. The molecule has 0 aliphatic heterocycles. The Labute approximate surface area is 231 Å². The van der Waals surface area contributed by atoms with E-state index >= 15 is 0 Å². The van der Waals surface area contributed by atoms with Crippen LogP contribution in [0.3, 0.4) is 0 Å². The molecule has 0 heterocycles. The van der Waals surface area contributed by atoms with Crippen LogP contribution < -0.4 is 5.32 Å². The molecule has 3 N–H and O–H groups in total. The molecule has 0 spiro atoms. The van der Waals surface area contributed by atoms with E-state index < -0.39 is 19.7 Å². The number of benzene rings is 4. The second kappa shape index (κ2) is 11.4. The second-order valence-electron chi connectivity index (χ2n) is 8.57. The van der Waals surface area contributed by atoms with Crippen LogP contribution in [0, 0.1) is 0 Å². The fourth-order valence-corrected chi connectivity index (χ4v) is 5.79. The fourth-order valence-electron chi connectivity index (χ4n) is 3.87.